The predicted molar refractivity (Wildman–Crippen MR) is 60.9 cm³/mol. The highest BCUT2D eigenvalue weighted by Gasteiger charge is 2.19. The van der Waals surface area contributed by atoms with Gasteiger partial charge in [-0.25, -0.2) is 4.98 Å². The Morgan fingerprint density at radius 3 is 2.53 bits per heavy atom. The lowest BCUT2D eigenvalue weighted by atomic mass is 9.98. The molecular formula is C12H15NO4. The number of esters is 1. The molecule has 0 saturated carbocycles. The van der Waals surface area contributed by atoms with E-state index in [2.05, 4.69) is 9.72 Å². The van der Waals surface area contributed by atoms with E-state index in [1.54, 1.807) is 19.1 Å². The average molecular weight is 237 g/mol. The van der Waals surface area contributed by atoms with Crippen LogP contribution in [0.2, 0.25) is 0 Å². The minimum absolute atomic E-state index is 0.0708. The third-order valence-corrected chi connectivity index (χ3v) is 2.38. The van der Waals surface area contributed by atoms with Crippen molar-refractivity contribution in [2.24, 2.45) is 5.92 Å². The zero-order valence-electron chi connectivity index (χ0n) is 10.1. The summed E-state index contributed by atoms with van der Waals surface area (Å²) in [6.45, 7) is 1.68. The summed E-state index contributed by atoms with van der Waals surface area (Å²) >= 11 is 0. The Hall–Kier alpha value is -1.91. The van der Waals surface area contributed by atoms with Crippen molar-refractivity contribution >= 4 is 11.8 Å². The summed E-state index contributed by atoms with van der Waals surface area (Å²) in [6.07, 6.45) is 1.51. The van der Waals surface area contributed by atoms with Crippen molar-refractivity contribution in [3.05, 3.63) is 23.9 Å². The maximum atomic E-state index is 11.9. The van der Waals surface area contributed by atoms with Gasteiger partial charge in [-0.1, -0.05) is 6.92 Å². The summed E-state index contributed by atoms with van der Waals surface area (Å²) in [4.78, 5) is 26.9. The molecule has 0 fully saturated rings. The van der Waals surface area contributed by atoms with E-state index in [-0.39, 0.29) is 12.2 Å². The Kier molecular flexibility index (Phi) is 4.63. The molecule has 0 aliphatic carbocycles. The van der Waals surface area contributed by atoms with Gasteiger partial charge in [0.2, 0.25) is 5.88 Å². The van der Waals surface area contributed by atoms with Gasteiger partial charge in [-0.2, -0.15) is 0 Å². The first-order valence-electron chi connectivity index (χ1n) is 5.19. The number of methoxy groups -OCH3 is 2. The molecule has 1 aromatic heterocycles. The van der Waals surface area contributed by atoms with Crippen LogP contribution in [0.1, 0.15) is 23.7 Å². The number of pyridine rings is 1. The quantitative estimate of drug-likeness (QED) is 0.573. The molecule has 5 heteroatoms. The Bertz CT molecular complexity index is 399. The predicted octanol–water partition coefficient (Wildman–Crippen LogP) is 1.47. The number of carbonyl (C=O) groups excluding carboxylic acids is 2. The monoisotopic (exact) mass is 237 g/mol. The highest BCUT2D eigenvalue weighted by molar-refractivity contribution is 5.98. The number of carbonyl (C=O) groups is 2. The molecule has 1 atom stereocenters. The van der Waals surface area contributed by atoms with Crippen LogP contribution >= 0.6 is 0 Å². The van der Waals surface area contributed by atoms with Crippen molar-refractivity contribution in [2.45, 2.75) is 13.3 Å². The summed E-state index contributed by atoms with van der Waals surface area (Å²) < 4.78 is 9.41. The lowest BCUT2D eigenvalue weighted by Crippen LogP contribution is -2.16. The number of Topliss-reactive ketones (excluding diaryl/α,β-unsaturated/α-hetero) is 1. The van der Waals surface area contributed by atoms with Gasteiger partial charge in [-0.15, -0.1) is 0 Å². The average Bonchev–Trinajstić information content (AvgIpc) is 2.37. The number of rotatable bonds is 5. The zero-order valence-corrected chi connectivity index (χ0v) is 10.1. The molecule has 0 aliphatic heterocycles. The molecule has 0 aliphatic rings. The maximum Gasteiger partial charge on any atom is 0.306 e. The third kappa shape index (κ3) is 3.55. The zero-order chi connectivity index (χ0) is 12.8. The largest absolute Gasteiger partial charge is 0.481 e. The summed E-state index contributed by atoms with van der Waals surface area (Å²) in [6, 6.07) is 3.24. The summed E-state index contributed by atoms with van der Waals surface area (Å²) in [5.41, 5.74) is 0.460. The van der Waals surface area contributed by atoms with E-state index < -0.39 is 11.9 Å². The van der Waals surface area contributed by atoms with Gasteiger partial charge in [0.15, 0.2) is 5.78 Å². The second kappa shape index (κ2) is 5.98. The fourth-order valence-electron chi connectivity index (χ4n) is 1.36. The Morgan fingerprint density at radius 2 is 2.06 bits per heavy atom. The van der Waals surface area contributed by atoms with Crippen LogP contribution in [0.4, 0.5) is 0 Å². The summed E-state index contributed by atoms with van der Waals surface area (Å²) in [5.74, 6) is -0.502. The molecule has 0 spiro atoms. The Balaban J connectivity index is 2.71. The first-order chi connectivity index (χ1) is 8.08. The molecule has 0 aromatic carbocycles. The first-order valence-corrected chi connectivity index (χ1v) is 5.19. The molecule has 0 amide bonds. The lowest BCUT2D eigenvalue weighted by molar-refractivity contribution is -0.141. The van der Waals surface area contributed by atoms with Gasteiger partial charge in [0, 0.05) is 23.7 Å². The van der Waals surface area contributed by atoms with Gasteiger partial charge in [0.05, 0.1) is 20.6 Å². The van der Waals surface area contributed by atoms with Crippen LogP contribution in [0, 0.1) is 5.92 Å². The molecule has 0 N–H and O–H groups in total. The van der Waals surface area contributed by atoms with Crippen molar-refractivity contribution < 1.29 is 19.1 Å². The van der Waals surface area contributed by atoms with Gasteiger partial charge in [0.25, 0.3) is 0 Å². The standard InChI is InChI=1S/C12H15NO4/c1-8(6-11(14)17-3)12(15)9-4-5-10(16-2)13-7-9/h4-5,7-8H,6H2,1-3H3. The summed E-state index contributed by atoms with van der Waals surface area (Å²) in [7, 11) is 2.80. The van der Waals surface area contributed by atoms with Crippen molar-refractivity contribution in [1.82, 2.24) is 4.98 Å². The number of ether oxygens (including phenoxy) is 2. The number of aromatic nitrogens is 1. The van der Waals surface area contributed by atoms with Crippen molar-refractivity contribution in [3.8, 4) is 5.88 Å². The van der Waals surface area contributed by atoms with E-state index in [9.17, 15) is 9.59 Å². The van der Waals surface area contributed by atoms with Crippen LogP contribution in [-0.4, -0.2) is 31.0 Å². The van der Waals surface area contributed by atoms with Crippen molar-refractivity contribution in [1.29, 1.82) is 0 Å². The van der Waals surface area contributed by atoms with E-state index in [0.29, 0.717) is 11.4 Å². The number of hydrogen-bond acceptors (Lipinski definition) is 5. The molecule has 5 nitrogen and oxygen atoms in total. The van der Waals surface area contributed by atoms with Gasteiger partial charge in [-0.3, -0.25) is 9.59 Å². The molecule has 17 heavy (non-hydrogen) atoms. The fraction of sp³-hybridized carbons (Fsp3) is 0.417. The molecule has 1 rings (SSSR count). The second-order valence-corrected chi connectivity index (χ2v) is 3.63. The number of hydrogen-bond donors (Lipinski definition) is 0. The van der Waals surface area contributed by atoms with Crippen molar-refractivity contribution in [2.75, 3.05) is 14.2 Å². The maximum absolute atomic E-state index is 11.9. The lowest BCUT2D eigenvalue weighted by Gasteiger charge is -2.08. The van der Waals surface area contributed by atoms with Crippen molar-refractivity contribution in [3.63, 3.8) is 0 Å². The Morgan fingerprint density at radius 1 is 1.35 bits per heavy atom. The van der Waals surface area contributed by atoms with E-state index in [0.717, 1.165) is 0 Å². The van der Waals surface area contributed by atoms with Crippen LogP contribution in [0.15, 0.2) is 18.3 Å². The Labute approximate surface area is 99.8 Å². The van der Waals surface area contributed by atoms with Gasteiger partial charge in [-0.05, 0) is 6.07 Å². The molecule has 92 valence electrons. The van der Waals surface area contributed by atoms with Gasteiger partial charge < -0.3 is 9.47 Å². The highest BCUT2D eigenvalue weighted by atomic mass is 16.5. The minimum atomic E-state index is -0.419. The smallest absolute Gasteiger partial charge is 0.306 e. The number of ketones is 1. The van der Waals surface area contributed by atoms with Crippen LogP contribution in [-0.2, 0) is 9.53 Å². The van der Waals surface area contributed by atoms with Crippen LogP contribution < -0.4 is 4.74 Å². The van der Waals surface area contributed by atoms with E-state index in [4.69, 9.17) is 4.74 Å². The molecule has 0 bridgehead atoms. The second-order valence-electron chi connectivity index (χ2n) is 3.63. The molecule has 0 saturated heterocycles. The molecular weight excluding hydrogens is 222 g/mol. The highest BCUT2D eigenvalue weighted by Crippen LogP contribution is 2.14. The molecule has 1 unspecified atom stereocenters. The topological polar surface area (TPSA) is 65.5 Å². The molecule has 1 heterocycles. The van der Waals surface area contributed by atoms with Gasteiger partial charge in [0.1, 0.15) is 0 Å². The molecule has 1 aromatic rings. The SMILES string of the molecule is COC(=O)CC(C)C(=O)c1ccc(OC)nc1. The molecule has 0 radical (unpaired) electrons. The van der Waals surface area contributed by atoms with Crippen LogP contribution in [0.25, 0.3) is 0 Å². The normalized spacial score (nSPS) is 11.7. The van der Waals surface area contributed by atoms with E-state index in [1.807, 2.05) is 0 Å². The third-order valence-electron chi connectivity index (χ3n) is 2.38. The number of nitrogens with zero attached hydrogens (tertiary/aromatic N) is 1. The van der Waals surface area contributed by atoms with E-state index >= 15 is 0 Å². The van der Waals surface area contributed by atoms with Gasteiger partial charge >= 0.3 is 5.97 Å². The van der Waals surface area contributed by atoms with Crippen LogP contribution in [0.5, 0.6) is 5.88 Å². The minimum Gasteiger partial charge on any atom is -0.481 e. The fourth-order valence-corrected chi connectivity index (χ4v) is 1.36. The van der Waals surface area contributed by atoms with E-state index in [1.165, 1.54) is 20.4 Å². The van der Waals surface area contributed by atoms with Crippen LogP contribution in [0.3, 0.4) is 0 Å². The summed E-state index contributed by atoms with van der Waals surface area (Å²) in [5, 5.41) is 0. The first kappa shape index (κ1) is 13.2.